The lowest BCUT2D eigenvalue weighted by Crippen LogP contribution is -2.43. The second-order valence-corrected chi connectivity index (χ2v) is 9.70. The average Bonchev–Trinajstić information content (AvgIpc) is 2.58. The van der Waals surface area contributed by atoms with Gasteiger partial charge in [0.25, 0.3) is 5.91 Å². The fourth-order valence-corrected chi connectivity index (χ4v) is 4.52. The maximum atomic E-state index is 13.0. The Hall–Kier alpha value is -1.81. The van der Waals surface area contributed by atoms with Crippen LogP contribution in [0.1, 0.15) is 45.0 Å². The topological polar surface area (TPSA) is 66.9 Å². The van der Waals surface area contributed by atoms with Gasteiger partial charge in [0.2, 0.25) is 10.0 Å². The molecule has 29 heavy (non-hydrogen) atoms. The standard InChI is InChI=1S/C19H29F3N2O4S/c1-7-24(8-2)29(26,27)16-11-14(9-10-15(16)28-6)17(25)23(12-18(3,4)5)13-19(20,21)22/h9-11H,7-8,12-13H2,1-6H3. The van der Waals surface area contributed by atoms with Gasteiger partial charge in [-0.05, 0) is 23.6 Å². The number of carbonyl (C=O) groups is 1. The molecule has 166 valence electrons. The number of alkyl halides is 3. The summed E-state index contributed by atoms with van der Waals surface area (Å²) in [7, 11) is -2.70. The Kier molecular flexibility index (Phi) is 8.12. The highest BCUT2D eigenvalue weighted by molar-refractivity contribution is 7.89. The lowest BCUT2D eigenvalue weighted by Gasteiger charge is -2.31. The molecule has 0 atom stereocenters. The van der Waals surface area contributed by atoms with E-state index in [-0.39, 0.29) is 35.8 Å². The van der Waals surface area contributed by atoms with Gasteiger partial charge in [0.15, 0.2) is 0 Å². The summed E-state index contributed by atoms with van der Waals surface area (Å²) in [4.78, 5) is 13.3. The summed E-state index contributed by atoms with van der Waals surface area (Å²) in [5.41, 5.74) is -0.728. The first-order valence-corrected chi connectivity index (χ1v) is 10.6. The molecular weight excluding hydrogens is 409 g/mol. The molecule has 0 saturated carbocycles. The first-order valence-electron chi connectivity index (χ1n) is 9.20. The van der Waals surface area contributed by atoms with Crippen molar-refractivity contribution in [2.24, 2.45) is 5.41 Å². The molecule has 0 radical (unpaired) electrons. The molecule has 1 aromatic carbocycles. The Morgan fingerprint density at radius 2 is 1.62 bits per heavy atom. The van der Waals surface area contributed by atoms with Crippen LogP contribution >= 0.6 is 0 Å². The fourth-order valence-electron chi connectivity index (χ4n) is 2.89. The lowest BCUT2D eigenvalue weighted by molar-refractivity contribution is -0.142. The first kappa shape index (κ1) is 25.2. The van der Waals surface area contributed by atoms with Gasteiger partial charge in [-0.2, -0.15) is 17.5 Å². The molecule has 6 nitrogen and oxygen atoms in total. The predicted octanol–water partition coefficient (Wildman–Crippen LogP) is 3.78. The minimum absolute atomic E-state index is 0.0200. The van der Waals surface area contributed by atoms with Crippen molar-refractivity contribution in [1.82, 2.24) is 9.21 Å². The molecule has 10 heteroatoms. The third-order valence-electron chi connectivity index (χ3n) is 4.06. The summed E-state index contributed by atoms with van der Waals surface area (Å²) >= 11 is 0. The number of rotatable bonds is 8. The number of carbonyl (C=O) groups excluding carboxylic acids is 1. The van der Waals surface area contributed by atoms with Gasteiger partial charge in [-0.15, -0.1) is 0 Å². The van der Waals surface area contributed by atoms with Crippen molar-refractivity contribution in [2.45, 2.75) is 45.7 Å². The van der Waals surface area contributed by atoms with E-state index in [4.69, 9.17) is 4.74 Å². The van der Waals surface area contributed by atoms with E-state index in [9.17, 15) is 26.4 Å². The van der Waals surface area contributed by atoms with E-state index in [0.717, 1.165) is 6.07 Å². The molecule has 0 N–H and O–H groups in total. The monoisotopic (exact) mass is 438 g/mol. The Bertz CT molecular complexity index is 798. The summed E-state index contributed by atoms with van der Waals surface area (Å²) < 4.78 is 71.2. The molecule has 0 aliphatic heterocycles. The number of halogens is 3. The van der Waals surface area contributed by atoms with E-state index in [2.05, 4.69) is 0 Å². The van der Waals surface area contributed by atoms with E-state index in [1.807, 2.05) is 0 Å². The molecule has 0 saturated heterocycles. The number of nitrogens with zero attached hydrogens (tertiary/aromatic N) is 2. The van der Waals surface area contributed by atoms with Crippen LogP contribution in [0.3, 0.4) is 0 Å². The third kappa shape index (κ3) is 6.88. The van der Waals surface area contributed by atoms with E-state index < -0.39 is 34.1 Å². The van der Waals surface area contributed by atoms with Crippen molar-refractivity contribution >= 4 is 15.9 Å². The zero-order valence-electron chi connectivity index (χ0n) is 17.6. The molecule has 0 aliphatic carbocycles. The van der Waals surface area contributed by atoms with E-state index in [1.54, 1.807) is 34.6 Å². The van der Waals surface area contributed by atoms with Crippen molar-refractivity contribution in [1.29, 1.82) is 0 Å². The summed E-state index contributed by atoms with van der Waals surface area (Å²) in [5.74, 6) is -0.873. The van der Waals surface area contributed by atoms with Crippen molar-refractivity contribution in [2.75, 3.05) is 33.3 Å². The number of ether oxygens (including phenoxy) is 1. The molecule has 0 spiro atoms. The molecule has 1 aromatic rings. The van der Waals surface area contributed by atoms with Crippen molar-refractivity contribution in [3.8, 4) is 5.75 Å². The van der Waals surface area contributed by atoms with E-state index >= 15 is 0 Å². The lowest BCUT2D eigenvalue weighted by atomic mass is 9.95. The smallest absolute Gasteiger partial charge is 0.406 e. The van der Waals surface area contributed by atoms with Crippen LogP contribution in [0.5, 0.6) is 5.75 Å². The van der Waals surface area contributed by atoms with Crippen LogP contribution in [0, 0.1) is 5.41 Å². The summed E-state index contributed by atoms with van der Waals surface area (Å²) in [6.45, 7) is 7.31. The van der Waals surface area contributed by atoms with Gasteiger partial charge in [0.05, 0.1) is 7.11 Å². The Labute approximate surface area is 170 Å². The molecule has 0 heterocycles. The summed E-state index contributed by atoms with van der Waals surface area (Å²) in [5, 5.41) is 0. The van der Waals surface area contributed by atoms with Crippen molar-refractivity contribution < 1.29 is 31.1 Å². The largest absolute Gasteiger partial charge is 0.495 e. The molecular formula is C19H29F3N2O4S. The highest BCUT2D eigenvalue weighted by Gasteiger charge is 2.36. The maximum absolute atomic E-state index is 13.0. The van der Waals surface area contributed by atoms with Gasteiger partial charge in [-0.25, -0.2) is 8.42 Å². The second kappa shape index (κ2) is 9.34. The molecule has 0 aromatic heterocycles. The zero-order chi connectivity index (χ0) is 22.6. The fraction of sp³-hybridized carbons (Fsp3) is 0.632. The zero-order valence-corrected chi connectivity index (χ0v) is 18.4. The second-order valence-electron chi connectivity index (χ2n) is 7.79. The predicted molar refractivity (Wildman–Crippen MR) is 105 cm³/mol. The van der Waals surface area contributed by atoms with Gasteiger partial charge in [0.1, 0.15) is 17.2 Å². The number of amides is 1. The van der Waals surface area contributed by atoms with Crippen molar-refractivity contribution in [3.05, 3.63) is 23.8 Å². The first-order chi connectivity index (χ1) is 13.2. The number of sulfonamides is 1. The highest BCUT2D eigenvalue weighted by Crippen LogP contribution is 2.29. The van der Waals surface area contributed by atoms with Crippen LogP contribution < -0.4 is 4.74 Å². The summed E-state index contributed by atoms with van der Waals surface area (Å²) in [6.07, 6.45) is -4.58. The van der Waals surface area contributed by atoms with Crippen LogP contribution in [0.25, 0.3) is 0 Å². The summed E-state index contributed by atoms with van der Waals surface area (Å²) in [6, 6.07) is 3.64. The van der Waals surface area contributed by atoms with Crippen LogP contribution in [-0.2, 0) is 10.0 Å². The minimum Gasteiger partial charge on any atom is -0.495 e. The van der Waals surface area contributed by atoms with E-state index in [0.29, 0.717) is 4.90 Å². The molecule has 1 rings (SSSR count). The highest BCUT2D eigenvalue weighted by atomic mass is 32.2. The SMILES string of the molecule is CCN(CC)S(=O)(=O)c1cc(C(=O)N(CC(C)(C)C)CC(F)(F)F)ccc1OC. The van der Waals surface area contributed by atoms with Crippen LogP contribution in [0.2, 0.25) is 0 Å². The number of hydrogen-bond donors (Lipinski definition) is 0. The Morgan fingerprint density at radius 3 is 2.03 bits per heavy atom. The molecule has 1 amide bonds. The normalized spacial score (nSPS) is 12.9. The van der Waals surface area contributed by atoms with E-state index in [1.165, 1.54) is 23.5 Å². The van der Waals surface area contributed by atoms with Gasteiger partial charge in [-0.1, -0.05) is 34.6 Å². The molecule has 0 bridgehead atoms. The van der Waals surface area contributed by atoms with Crippen LogP contribution in [0.15, 0.2) is 23.1 Å². The molecule has 0 aliphatic rings. The molecule has 0 fully saturated rings. The van der Waals surface area contributed by atoms with Gasteiger partial charge >= 0.3 is 6.18 Å². The van der Waals surface area contributed by atoms with Gasteiger partial charge < -0.3 is 9.64 Å². The third-order valence-corrected chi connectivity index (χ3v) is 6.13. The Morgan fingerprint density at radius 1 is 1.07 bits per heavy atom. The maximum Gasteiger partial charge on any atom is 0.406 e. The Balaban J connectivity index is 3.47. The van der Waals surface area contributed by atoms with Crippen LogP contribution in [0.4, 0.5) is 13.2 Å². The van der Waals surface area contributed by atoms with Crippen molar-refractivity contribution in [3.63, 3.8) is 0 Å². The van der Waals surface area contributed by atoms with Gasteiger partial charge in [0, 0.05) is 25.2 Å². The van der Waals surface area contributed by atoms with Gasteiger partial charge in [-0.3, -0.25) is 4.79 Å². The quantitative estimate of drug-likeness (QED) is 0.620. The average molecular weight is 439 g/mol. The number of benzene rings is 1. The number of methoxy groups -OCH3 is 1. The minimum atomic E-state index is -4.58. The number of hydrogen-bond acceptors (Lipinski definition) is 4. The molecule has 0 unspecified atom stereocenters. The van der Waals surface area contributed by atoms with Crippen LogP contribution in [-0.4, -0.2) is 63.0 Å².